The van der Waals surface area contributed by atoms with Gasteiger partial charge in [0.05, 0.1) is 4.88 Å². The van der Waals surface area contributed by atoms with Crippen LogP contribution in [-0.2, 0) is 0 Å². The van der Waals surface area contributed by atoms with Gasteiger partial charge in [0.15, 0.2) is 0 Å². The van der Waals surface area contributed by atoms with Crippen LogP contribution in [0, 0.1) is 0 Å². The van der Waals surface area contributed by atoms with Crippen molar-refractivity contribution < 1.29 is 4.79 Å². The maximum atomic E-state index is 13.0. The van der Waals surface area contributed by atoms with Crippen LogP contribution in [0.2, 0.25) is 0 Å². The number of hydrogen-bond acceptors (Lipinski definition) is 3. The van der Waals surface area contributed by atoms with Crippen molar-refractivity contribution >= 4 is 39.7 Å². The van der Waals surface area contributed by atoms with Crippen molar-refractivity contribution in [2.75, 3.05) is 0 Å². The SMILES string of the molecule is O=C(c1cccs1)c1ccc2ccccc2c1Sc1ccccc1. The smallest absolute Gasteiger partial charge is 0.204 e. The van der Waals surface area contributed by atoms with Crippen LogP contribution in [-0.4, -0.2) is 5.78 Å². The van der Waals surface area contributed by atoms with Gasteiger partial charge in [-0.15, -0.1) is 11.3 Å². The first-order valence-electron chi connectivity index (χ1n) is 7.66. The number of fused-ring (bicyclic) bond motifs is 1. The number of carbonyl (C=O) groups is 1. The molecule has 3 aromatic carbocycles. The van der Waals surface area contributed by atoms with Crippen LogP contribution in [0.4, 0.5) is 0 Å². The minimum absolute atomic E-state index is 0.0918. The highest BCUT2D eigenvalue weighted by Gasteiger charge is 2.17. The first kappa shape index (κ1) is 15.2. The number of rotatable bonds is 4. The number of ketones is 1. The summed E-state index contributed by atoms with van der Waals surface area (Å²) in [7, 11) is 0. The molecule has 4 rings (SSSR count). The van der Waals surface area contributed by atoms with Gasteiger partial charge >= 0.3 is 0 Å². The Balaban J connectivity index is 1.90. The van der Waals surface area contributed by atoms with Crippen LogP contribution < -0.4 is 0 Å². The van der Waals surface area contributed by atoms with Crippen LogP contribution >= 0.6 is 23.1 Å². The van der Waals surface area contributed by atoms with Crippen molar-refractivity contribution in [1.82, 2.24) is 0 Å². The Morgan fingerprint density at radius 1 is 0.792 bits per heavy atom. The first-order chi connectivity index (χ1) is 11.8. The molecule has 0 atom stereocenters. The van der Waals surface area contributed by atoms with E-state index in [1.807, 2.05) is 60.0 Å². The number of carbonyl (C=O) groups excluding carboxylic acids is 1. The molecule has 0 amide bonds. The molecule has 0 N–H and O–H groups in total. The summed E-state index contributed by atoms with van der Waals surface area (Å²) in [5.74, 6) is 0.0918. The molecular weight excluding hydrogens is 332 g/mol. The second kappa shape index (κ2) is 6.63. The van der Waals surface area contributed by atoms with Gasteiger partial charge in [-0.2, -0.15) is 0 Å². The molecule has 0 aliphatic rings. The zero-order valence-electron chi connectivity index (χ0n) is 12.8. The van der Waals surface area contributed by atoms with Crippen molar-refractivity contribution in [3.05, 3.63) is 94.7 Å². The highest BCUT2D eigenvalue weighted by molar-refractivity contribution is 7.99. The summed E-state index contributed by atoms with van der Waals surface area (Å²) in [6.07, 6.45) is 0. The third-order valence-electron chi connectivity index (χ3n) is 3.83. The molecule has 0 saturated carbocycles. The number of benzene rings is 3. The molecule has 0 fully saturated rings. The monoisotopic (exact) mass is 346 g/mol. The van der Waals surface area contributed by atoms with E-state index in [0.717, 1.165) is 31.0 Å². The van der Waals surface area contributed by atoms with E-state index in [0.29, 0.717) is 0 Å². The summed E-state index contributed by atoms with van der Waals surface area (Å²) in [5.41, 5.74) is 0.769. The van der Waals surface area contributed by atoms with Gasteiger partial charge in [-0.25, -0.2) is 0 Å². The Kier molecular flexibility index (Phi) is 4.20. The summed E-state index contributed by atoms with van der Waals surface area (Å²) in [4.78, 5) is 15.9. The number of hydrogen-bond donors (Lipinski definition) is 0. The lowest BCUT2D eigenvalue weighted by Gasteiger charge is -2.12. The van der Waals surface area contributed by atoms with E-state index in [4.69, 9.17) is 0 Å². The Hall–Kier alpha value is -2.36. The topological polar surface area (TPSA) is 17.1 Å². The van der Waals surface area contributed by atoms with Crippen molar-refractivity contribution in [3.8, 4) is 0 Å². The summed E-state index contributed by atoms with van der Waals surface area (Å²) in [6.45, 7) is 0. The standard InChI is InChI=1S/C21H14OS2/c22-20(19-11-6-14-23-19)18-13-12-15-7-4-5-10-17(15)21(18)24-16-8-2-1-3-9-16/h1-14H. The molecule has 1 nitrogen and oxygen atoms in total. The van der Waals surface area contributed by atoms with Crippen LogP contribution in [0.1, 0.15) is 15.2 Å². The highest BCUT2D eigenvalue weighted by atomic mass is 32.2. The fourth-order valence-corrected chi connectivity index (χ4v) is 4.45. The lowest BCUT2D eigenvalue weighted by Crippen LogP contribution is -2.01. The van der Waals surface area contributed by atoms with Gasteiger partial charge in [-0.1, -0.05) is 66.4 Å². The molecule has 0 aliphatic carbocycles. The normalized spacial score (nSPS) is 10.8. The first-order valence-corrected chi connectivity index (χ1v) is 9.35. The summed E-state index contributed by atoms with van der Waals surface area (Å²) in [6, 6.07) is 26.2. The summed E-state index contributed by atoms with van der Waals surface area (Å²) >= 11 is 3.14. The van der Waals surface area contributed by atoms with Crippen LogP contribution in [0.5, 0.6) is 0 Å². The average Bonchev–Trinajstić information content (AvgIpc) is 3.17. The third-order valence-corrected chi connectivity index (χ3v) is 5.85. The zero-order valence-corrected chi connectivity index (χ0v) is 14.4. The van der Waals surface area contributed by atoms with Gasteiger partial charge < -0.3 is 0 Å². The van der Waals surface area contributed by atoms with Gasteiger partial charge in [0, 0.05) is 15.4 Å². The maximum Gasteiger partial charge on any atom is 0.204 e. The Bertz CT molecular complexity index is 989. The second-order valence-electron chi connectivity index (χ2n) is 5.38. The highest BCUT2D eigenvalue weighted by Crippen LogP contribution is 2.37. The number of thiophene rings is 1. The van der Waals surface area contributed by atoms with E-state index in [2.05, 4.69) is 24.3 Å². The quantitative estimate of drug-likeness (QED) is 0.404. The minimum Gasteiger partial charge on any atom is -0.288 e. The average molecular weight is 346 g/mol. The zero-order chi connectivity index (χ0) is 16.4. The van der Waals surface area contributed by atoms with E-state index in [-0.39, 0.29) is 5.78 Å². The molecule has 0 bridgehead atoms. The molecule has 0 unspecified atom stereocenters. The Morgan fingerprint density at radius 2 is 1.58 bits per heavy atom. The van der Waals surface area contributed by atoms with E-state index in [1.54, 1.807) is 11.8 Å². The van der Waals surface area contributed by atoms with Crippen molar-refractivity contribution in [1.29, 1.82) is 0 Å². The molecule has 24 heavy (non-hydrogen) atoms. The van der Waals surface area contributed by atoms with Gasteiger partial charge in [0.2, 0.25) is 5.78 Å². The van der Waals surface area contributed by atoms with E-state index >= 15 is 0 Å². The van der Waals surface area contributed by atoms with E-state index in [9.17, 15) is 4.79 Å². The van der Waals surface area contributed by atoms with Gasteiger partial charge in [-0.05, 0) is 40.4 Å². The molecule has 0 spiro atoms. The van der Waals surface area contributed by atoms with Crippen LogP contribution in [0.25, 0.3) is 10.8 Å². The molecule has 0 radical (unpaired) electrons. The van der Waals surface area contributed by atoms with Crippen molar-refractivity contribution in [2.45, 2.75) is 9.79 Å². The van der Waals surface area contributed by atoms with Crippen LogP contribution in [0.15, 0.2) is 94.0 Å². The molecule has 3 heteroatoms. The molecule has 4 aromatic rings. The molecule has 116 valence electrons. The second-order valence-corrected chi connectivity index (χ2v) is 7.42. The third kappa shape index (κ3) is 2.88. The molecule has 0 saturated heterocycles. The summed E-state index contributed by atoms with van der Waals surface area (Å²) in [5, 5.41) is 4.21. The Morgan fingerprint density at radius 3 is 2.38 bits per heavy atom. The fourth-order valence-electron chi connectivity index (χ4n) is 2.68. The molecule has 1 aromatic heterocycles. The molecular formula is C21H14OS2. The molecule has 0 aliphatic heterocycles. The minimum atomic E-state index is 0.0918. The fraction of sp³-hybridized carbons (Fsp3) is 0. The summed E-state index contributed by atoms with van der Waals surface area (Å²) < 4.78 is 0. The largest absolute Gasteiger partial charge is 0.288 e. The lowest BCUT2D eigenvalue weighted by molar-refractivity contribution is 0.104. The Labute approximate surface area is 149 Å². The van der Waals surface area contributed by atoms with Gasteiger partial charge in [-0.3, -0.25) is 4.79 Å². The van der Waals surface area contributed by atoms with Gasteiger partial charge in [0.1, 0.15) is 0 Å². The van der Waals surface area contributed by atoms with Gasteiger partial charge in [0.25, 0.3) is 0 Å². The maximum absolute atomic E-state index is 13.0. The van der Waals surface area contributed by atoms with Crippen molar-refractivity contribution in [3.63, 3.8) is 0 Å². The van der Waals surface area contributed by atoms with E-state index < -0.39 is 0 Å². The van der Waals surface area contributed by atoms with E-state index in [1.165, 1.54) is 11.3 Å². The van der Waals surface area contributed by atoms with Crippen LogP contribution in [0.3, 0.4) is 0 Å². The predicted molar refractivity (Wildman–Crippen MR) is 102 cm³/mol. The predicted octanol–water partition coefficient (Wildman–Crippen LogP) is 6.28. The van der Waals surface area contributed by atoms with Crippen molar-refractivity contribution in [2.24, 2.45) is 0 Å². The lowest BCUT2D eigenvalue weighted by atomic mass is 10.0. The molecule has 1 heterocycles.